The number of halogens is 1. The lowest BCUT2D eigenvalue weighted by Crippen LogP contribution is -2.21. The van der Waals surface area contributed by atoms with Crippen molar-refractivity contribution in [1.82, 2.24) is 9.97 Å². The Balaban J connectivity index is 2.29. The normalized spacial score (nSPS) is 20.2. The number of rotatable bonds is 2. The van der Waals surface area contributed by atoms with Crippen molar-refractivity contribution in [3.8, 4) is 0 Å². The Hall–Kier alpha value is -1.23. The summed E-state index contributed by atoms with van der Waals surface area (Å²) in [5, 5.41) is 0. The van der Waals surface area contributed by atoms with Gasteiger partial charge in [0.1, 0.15) is 0 Å². The van der Waals surface area contributed by atoms with E-state index in [2.05, 4.69) is 38.9 Å². The third kappa shape index (κ3) is 2.72. The molecule has 0 aromatic carbocycles. The minimum atomic E-state index is 0.101. The molecule has 0 saturated carbocycles. The molecule has 1 aliphatic rings. The first kappa shape index (κ1) is 12.2. The molecule has 1 aliphatic carbocycles. The predicted octanol–water partition coefficient (Wildman–Crippen LogP) is 2.49. The van der Waals surface area contributed by atoms with E-state index in [-0.39, 0.29) is 17.6 Å². The topological polar surface area (TPSA) is 68.9 Å². The van der Waals surface area contributed by atoms with Crippen molar-refractivity contribution in [3.05, 3.63) is 28.0 Å². The summed E-state index contributed by atoms with van der Waals surface area (Å²) >= 11 is 3.48. The van der Waals surface area contributed by atoms with Gasteiger partial charge in [0.05, 0.1) is 11.3 Å². The Morgan fingerprint density at radius 3 is 3.12 bits per heavy atom. The highest BCUT2D eigenvalue weighted by Crippen LogP contribution is 2.27. The minimum Gasteiger partial charge on any atom is -0.368 e. The Kier molecular flexibility index (Phi) is 3.57. The summed E-state index contributed by atoms with van der Waals surface area (Å²) in [4.78, 5) is 19.9. The minimum absolute atomic E-state index is 0.101. The molecular weight excluding hydrogens is 282 g/mol. The maximum Gasteiger partial charge on any atom is 0.220 e. The van der Waals surface area contributed by atoms with Crippen LogP contribution in [0.1, 0.15) is 35.8 Å². The van der Waals surface area contributed by atoms with E-state index in [1.54, 1.807) is 0 Å². The average Bonchev–Trinajstić information content (AvgIpc) is 2.28. The van der Waals surface area contributed by atoms with Crippen LogP contribution in [0.5, 0.6) is 0 Å². The quantitative estimate of drug-likeness (QED) is 0.910. The monoisotopic (exact) mass is 295 g/mol. The van der Waals surface area contributed by atoms with Gasteiger partial charge in [0.2, 0.25) is 5.95 Å². The fourth-order valence-electron chi connectivity index (χ4n) is 1.98. The number of nitrogens with zero attached hydrogens (tertiary/aromatic N) is 2. The van der Waals surface area contributed by atoms with E-state index in [9.17, 15) is 4.79 Å². The lowest BCUT2D eigenvalue weighted by Gasteiger charge is -2.20. The fraction of sp³-hybridized carbons (Fsp3) is 0.417. The van der Waals surface area contributed by atoms with E-state index in [0.29, 0.717) is 12.0 Å². The number of fused-ring (bicyclic) bond motifs is 1. The zero-order valence-corrected chi connectivity index (χ0v) is 11.2. The van der Waals surface area contributed by atoms with Crippen LogP contribution in [-0.2, 0) is 6.42 Å². The van der Waals surface area contributed by atoms with Crippen LogP contribution in [0.25, 0.3) is 0 Å². The van der Waals surface area contributed by atoms with E-state index >= 15 is 0 Å². The average molecular weight is 296 g/mol. The summed E-state index contributed by atoms with van der Waals surface area (Å²) in [5.41, 5.74) is 6.93. The lowest BCUT2D eigenvalue weighted by molar-refractivity contribution is 0.0957. The lowest BCUT2D eigenvalue weighted by atomic mass is 9.86. The molecule has 17 heavy (non-hydrogen) atoms. The van der Waals surface area contributed by atoms with E-state index in [1.165, 1.54) is 6.20 Å². The molecule has 2 N–H and O–H groups in total. The molecule has 1 aromatic rings. The second-order valence-corrected chi connectivity index (χ2v) is 5.17. The maximum atomic E-state index is 11.9. The van der Waals surface area contributed by atoms with Gasteiger partial charge in [-0.05, 0) is 23.2 Å². The number of allylic oxidation sites excluding steroid dienone is 2. The van der Waals surface area contributed by atoms with Gasteiger partial charge in [-0.3, -0.25) is 4.79 Å². The number of hydrogen-bond acceptors (Lipinski definition) is 4. The van der Waals surface area contributed by atoms with Crippen LogP contribution in [0.2, 0.25) is 0 Å². The SMILES string of the molecule is CC/C(Br)=C/C1CC(=O)c2cnc(N)nc2C1. The Morgan fingerprint density at radius 2 is 2.41 bits per heavy atom. The number of nitrogen functional groups attached to an aromatic ring is 1. The molecule has 0 radical (unpaired) electrons. The van der Waals surface area contributed by atoms with Gasteiger partial charge < -0.3 is 5.73 Å². The smallest absolute Gasteiger partial charge is 0.220 e. The van der Waals surface area contributed by atoms with Crippen molar-refractivity contribution in [1.29, 1.82) is 0 Å². The van der Waals surface area contributed by atoms with E-state index in [0.717, 1.165) is 23.0 Å². The van der Waals surface area contributed by atoms with Gasteiger partial charge in [-0.1, -0.05) is 28.9 Å². The van der Waals surface area contributed by atoms with Gasteiger partial charge >= 0.3 is 0 Å². The molecule has 0 bridgehead atoms. The molecule has 1 atom stereocenters. The van der Waals surface area contributed by atoms with Gasteiger partial charge in [-0.15, -0.1) is 0 Å². The third-order valence-electron chi connectivity index (χ3n) is 2.84. The number of aromatic nitrogens is 2. The molecule has 2 rings (SSSR count). The van der Waals surface area contributed by atoms with Crippen molar-refractivity contribution in [3.63, 3.8) is 0 Å². The van der Waals surface area contributed by atoms with Crippen molar-refractivity contribution < 1.29 is 4.79 Å². The number of anilines is 1. The van der Waals surface area contributed by atoms with Crippen LogP contribution in [0.3, 0.4) is 0 Å². The summed E-state index contributed by atoms with van der Waals surface area (Å²) in [6, 6.07) is 0. The number of ketones is 1. The molecule has 0 aliphatic heterocycles. The van der Waals surface area contributed by atoms with Gasteiger partial charge in [0.15, 0.2) is 5.78 Å². The van der Waals surface area contributed by atoms with Crippen LogP contribution in [0.15, 0.2) is 16.8 Å². The van der Waals surface area contributed by atoms with E-state index in [4.69, 9.17) is 5.73 Å². The van der Waals surface area contributed by atoms with Crippen molar-refractivity contribution >= 4 is 27.7 Å². The molecule has 0 saturated heterocycles. The molecule has 0 spiro atoms. The van der Waals surface area contributed by atoms with E-state index in [1.807, 2.05) is 0 Å². The first-order valence-corrected chi connectivity index (χ1v) is 6.40. The highest BCUT2D eigenvalue weighted by molar-refractivity contribution is 9.11. The van der Waals surface area contributed by atoms with Gasteiger partial charge in [0.25, 0.3) is 0 Å². The van der Waals surface area contributed by atoms with Gasteiger partial charge in [-0.25, -0.2) is 9.97 Å². The first-order chi connectivity index (χ1) is 8.10. The third-order valence-corrected chi connectivity index (χ3v) is 3.67. The fourth-order valence-corrected chi connectivity index (χ4v) is 2.35. The molecule has 0 fully saturated rings. The second kappa shape index (κ2) is 4.96. The van der Waals surface area contributed by atoms with Crippen LogP contribution < -0.4 is 5.73 Å². The van der Waals surface area contributed by atoms with Crippen LogP contribution in [-0.4, -0.2) is 15.8 Å². The summed E-state index contributed by atoms with van der Waals surface area (Å²) in [7, 11) is 0. The summed E-state index contributed by atoms with van der Waals surface area (Å²) in [6.45, 7) is 2.07. The maximum absolute atomic E-state index is 11.9. The number of Topliss-reactive ketones (excluding diaryl/α,β-unsaturated/α-hetero) is 1. The summed E-state index contributed by atoms with van der Waals surface area (Å²) in [5.74, 6) is 0.540. The van der Waals surface area contributed by atoms with Crippen LogP contribution >= 0.6 is 15.9 Å². The Labute approximate surface area is 108 Å². The number of nitrogens with two attached hydrogens (primary N) is 1. The zero-order chi connectivity index (χ0) is 12.4. The van der Waals surface area contributed by atoms with E-state index < -0.39 is 0 Å². The Morgan fingerprint density at radius 1 is 1.65 bits per heavy atom. The molecular formula is C12H14BrN3O. The van der Waals surface area contributed by atoms with Crippen LogP contribution in [0, 0.1) is 5.92 Å². The highest BCUT2D eigenvalue weighted by Gasteiger charge is 2.25. The highest BCUT2D eigenvalue weighted by atomic mass is 79.9. The number of carbonyl (C=O) groups is 1. The van der Waals surface area contributed by atoms with Gasteiger partial charge in [-0.2, -0.15) is 0 Å². The first-order valence-electron chi connectivity index (χ1n) is 5.61. The molecule has 4 nitrogen and oxygen atoms in total. The molecule has 5 heteroatoms. The summed E-state index contributed by atoms with van der Waals surface area (Å²) in [6.07, 6.45) is 5.84. The molecule has 90 valence electrons. The number of hydrogen-bond donors (Lipinski definition) is 1. The van der Waals surface area contributed by atoms with Crippen molar-refractivity contribution in [2.75, 3.05) is 5.73 Å². The second-order valence-electron chi connectivity index (χ2n) is 4.15. The zero-order valence-electron chi connectivity index (χ0n) is 9.61. The van der Waals surface area contributed by atoms with Crippen molar-refractivity contribution in [2.45, 2.75) is 26.2 Å². The molecule has 0 amide bonds. The standard InChI is InChI=1S/C12H14BrN3O/c1-2-8(13)3-7-4-10-9(11(17)5-7)6-15-12(14)16-10/h3,6-7H,2,4-5H2,1H3,(H2,14,15,16)/b8-3-. The summed E-state index contributed by atoms with van der Waals surface area (Å²) < 4.78 is 1.13. The molecule has 1 aromatic heterocycles. The Bertz CT molecular complexity index is 485. The number of carbonyl (C=O) groups excluding carboxylic acids is 1. The molecule has 1 heterocycles. The van der Waals surface area contributed by atoms with Gasteiger partial charge in [0, 0.05) is 12.6 Å². The molecule has 1 unspecified atom stereocenters. The van der Waals surface area contributed by atoms with Crippen molar-refractivity contribution in [2.24, 2.45) is 5.92 Å². The predicted molar refractivity (Wildman–Crippen MR) is 69.9 cm³/mol. The van der Waals surface area contributed by atoms with Crippen LogP contribution in [0.4, 0.5) is 5.95 Å². The largest absolute Gasteiger partial charge is 0.368 e.